The molecule has 3 amide bonds. The van der Waals surface area contributed by atoms with E-state index < -0.39 is 6.03 Å². The zero-order valence-electron chi connectivity index (χ0n) is 16.4. The predicted molar refractivity (Wildman–Crippen MR) is 113 cm³/mol. The Hall–Kier alpha value is -3.06. The lowest BCUT2D eigenvalue weighted by molar-refractivity contribution is -0.115. The number of urea groups is 1. The highest BCUT2D eigenvalue weighted by Gasteiger charge is 2.17. The fraction of sp³-hybridized carbons (Fsp3) is 0.333. The highest BCUT2D eigenvalue weighted by Crippen LogP contribution is 2.26. The highest BCUT2D eigenvalue weighted by atomic mass is 16.2. The van der Waals surface area contributed by atoms with Crippen molar-refractivity contribution in [2.75, 3.05) is 55.3 Å². The van der Waals surface area contributed by atoms with Crippen molar-refractivity contribution in [1.29, 1.82) is 0 Å². The summed E-state index contributed by atoms with van der Waals surface area (Å²) in [6.07, 6.45) is 0. The smallest absolute Gasteiger partial charge is 0.319 e. The second-order valence-corrected chi connectivity index (χ2v) is 7.03. The topological polar surface area (TPSA) is 76.7 Å². The Balaban J connectivity index is 1.53. The first-order valence-electron chi connectivity index (χ1n) is 9.45. The van der Waals surface area contributed by atoms with E-state index >= 15 is 0 Å². The van der Waals surface area contributed by atoms with Crippen LogP contribution in [0, 0.1) is 6.92 Å². The van der Waals surface area contributed by atoms with Gasteiger partial charge in [-0.15, -0.1) is 0 Å². The van der Waals surface area contributed by atoms with Gasteiger partial charge in [-0.3, -0.25) is 4.79 Å². The van der Waals surface area contributed by atoms with Gasteiger partial charge in [0.25, 0.3) is 0 Å². The molecule has 1 aliphatic rings. The number of nitrogens with one attached hydrogen (secondary N) is 3. The van der Waals surface area contributed by atoms with Crippen molar-refractivity contribution in [2.24, 2.45) is 0 Å². The van der Waals surface area contributed by atoms with Crippen molar-refractivity contribution in [3.8, 4) is 0 Å². The number of aryl methyl sites for hydroxylation is 1. The zero-order valence-corrected chi connectivity index (χ0v) is 16.4. The molecular weight excluding hydrogens is 354 g/mol. The third kappa shape index (κ3) is 5.47. The van der Waals surface area contributed by atoms with Gasteiger partial charge in [0, 0.05) is 31.9 Å². The van der Waals surface area contributed by atoms with Crippen molar-refractivity contribution in [2.45, 2.75) is 6.92 Å². The predicted octanol–water partition coefficient (Wildman–Crippen LogP) is 2.51. The summed E-state index contributed by atoms with van der Waals surface area (Å²) in [4.78, 5) is 28.9. The van der Waals surface area contributed by atoms with E-state index in [9.17, 15) is 9.59 Å². The quantitative estimate of drug-likeness (QED) is 0.744. The van der Waals surface area contributed by atoms with Crippen LogP contribution in [0.2, 0.25) is 0 Å². The maximum atomic E-state index is 12.3. The number of para-hydroxylation sites is 2. The van der Waals surface area contributed by atoms with Crippen LogP contribution in [0.15, 0.2) is 48.5 Å². The lowest BCUT2D eigenvalue weighted by atomic mass is 10.2. The Kier molecular flexibility index (Phi) is 6.49. The van der Waals surface area contributed by atoms with Gasteiger partial charge in [0.05, 0.1) is 17.9 Å². The van der Waals surface area contributed by atoms with Crippen LogP contribution in [0.4, 0.5) is 21.9 Å². The van der Waals surface area contributed by atoms with E-state index in [-0.39, 0.29) is 12.5 Å². The molecule has 0 aromatic heterocycles. The lowest BCUT2D eigenvalue weighted by Crippen LogP contribution is -2.44. The number of hydrogen-bond donors (Lipinski definition) is 3. The van der Waals surface area contributed by atoms with Gasteiger partial charge in [-0.25, -0.2) is 4.79 Å². The van der Waals surface area contributed by atoms with Gasteiger partial charge in [0.1, 0.15) is 0 Å². The minimum Gasteiger partial charge on any atom is -0.367 e. The van der Waals surface area contributed by atoms with Crippen molar-refractivity contribution in [3.05, 3.63) is 54.1 Å². The van der Waals surface area contributed by atoms with Crippen LogP contribution in [-0.4, -0.2) is 56.6 Å². The number of carbonyl (C=O) groups excluding carboxylic acids is 2. The van der Waals surface area contributed by atoms with Gasteiger partial charge < -0.3 is 25.8 Å². The molecule has 1 heterocycles. The molecule has 1 fully saturated rings. The SMILES string of the molecule is Cc1cccc(NC(=O)NCC(=O)Nc2ccccc2N2CCN(C)CC2)c1. The van der Waals surface area contributed by atoms with Gasteiger partial charge in [0.15, 0.2) is 0 Å². The summed E-state index contributed by atoms with van der Waals surface area (Å²) < 4.78 is 0. The average molecular weight is 381 g/mol. The molecule has 7 heteroatoms. The molecule has 0 spiro atoms. The minimum atomic E-state index is -0.409. The number of amides is 3. The van der Waals surface area contributed by atoms with Crippen LogP contribution < -0.4 is 20.9 Å². The van der Waals surface area contributed by atoms with Crippen molar-refractivity contribution in [1.82, 2.24) is 10.2 Å². The number of carbonyl (C=O) groups is 2. The van der Waals surface area contributed by atoms with Gasteiger partial charge in [-0.2, -0.15) is 0 Å². The normalized spacial score (nSPS) is 14.4. The molecule has 0 atom stereocenters. The molecule has 1 saturated heterocycles. The highest BCUT2D eigenvalue weighted by molar-refractivity contribution is 5.98. The van der Waals surface area contributed by atoms with Crippen LogP contribution in [0.25, 0.3) is 0 Å². The van der Waals surface area contributed by atoms with E-state index in [2.05, 4.69) is 32.8 Å². The van der Waals surface area contributed by atoms with Gasteiger partial charge in [-0.05, 0) is 43.8 Å². The first-order chi connectivity index (χ1) is 13.5. The van der Waals surface area contributed by atoms with Crippen LogP contribution in [0.3, 0.4) is 0 Å². The van der Waals surface area contributed by atoms with Crippen LogP contribution in [0.1, 0.15) is 5.56 Å². The second kappa shape index (κ2) is 9.23. The van der Waals surface area contributed by atoms with Crippen LogP contribution in [-0.2, 0) is 4.79 Å². The number of piperazine rings is 1. The molecule has 0 bridgehead atoms. The number of hydrogen-bond acceptors (Lipinski definition) is 4. The Morgan fingerprint density at radius 2 is 1.71 bits per heavy atom. The molecule has 7 nitrogen and oxygen atoms in total. The summed E-state index contributed by atoms with van der Waals surface area (Å²) in [5.41, 5.74) is 3.51. The molecule has 2 aromatic rings. The van der Waals surface area contributed by atoms with Crippen LogP contribution in [0.5, 0.6) is 0 Å². The molecule has 148 valence electrons. The maximum Gasteiger partial charge on any atom is 0.319 e. The number of rotatable bonds is 5. The molecule has 0 saturated carbocycles. The Morgan fingerprint density at radius 1 is 0.964 bits per heavy atom. The van der Waals surface area contributed by atoms with Gasteiger partial charge in [-0.1, -0.05) is 24.3 Å². The average Bonchev–Trinajstić information content (AvgIpc) is 2.68. The minimum absolute atomic E-state index is 0.102. The molecule has 2 aromatic carbocycles. The molecule has 0 aliphatic carbocycles. The Bertz CT molecular complexity index is 831. The molecular formula is C21H27N5O2. The number of nitrogens with zero attached hydrogens (tertiary/aromatic N) is 2. The van der Waals surface area contributed by atoms with Crippen molar-refractivity contribution < 1.29 is 9.59 Å². The van der Waals surface area contributed by atoms with E-state index in [0.717, 1.165) is 43.1 Å². The summed E-state index contributed by atoms with van der Waals surface area (Å²) in [5, 5.41) is 8.23. The lowest BCUT2D eigenvalue weighted by Gasteiger charge is -2.35. The summed E-state index contributed by atoms with van der Waals surface area (Å²) >= 11 is 0. The largest absolute Gasteiger partial charge is 0.367 e. The molecule has 3 rings (SSSR count). The van der Waals surface area contributed by atoms with E-state index in [0.29, 0.717) is 5.69 Å². The molecule has 0 radical (unpaired) electrons. The summed E-state index contributed by atoms with van der Waals surface area (Å²) in [6, 6.07) is 14.8. The van der Waals surface area contributed by atoms with Crippen molar-refractivity contribution >= 4 is 29.0 Å². The molecule has 1 aliphatic heterocycles. The Morgan fingerprint density at radius 3 is 2.46 bits per heavy atom. The van der Waals surface area contributed by atoms with E-state index in [1.54, 1.807) is 6.07 Å². The van der Waals surface area contributed by atoms with E-state index in [1.165, 1.54) is 0 Å². The fourth-order valence-corrected chi connectivity index (χ4v) is 3.16. The molecule has 28 heavy (non-hydrogen) atoms. The number of benzene rings is 2. The number of likely N-dealkylation sites (N-methyl/N-ethyl adjacent to an activating group) is 1. The van der Waals surface area contributed by atoms with Gasteiger partial charge >= 0.3 is 6.03 Å². The fourth-order valence-electron chi connectivity index (χ4n) is 3.16. The first-order valence-corrected chi connectivity index (χ1v) is 9.45. The summed E-state index contributed by atoms with van der Waals surface area (Å²) in [6.45, 7) is 5.66. The molecule has 0 unspecified atom stereocenters. The monoisotopic (exact) mass is 381 g/mol. The second-order valence-electron chi connectivity index (χ2n) is 7.03. The number of anilines is 3. The third-order valence-corrected chi connectivity index (χ3v) is 4.71. The zero-order chi connectivity index (χ0) is 19.9. The summed E-state index contributed by atoms with van der Waals surface area (Å²) in [7, 11) is 2.11. The maximum absolute atomic E-state index is 12.3. The third-order valence-electron chi connectivity index (χ3n) is 4.71. The Labute approximate surface area is 165 Å². The van der Waals surface area contributed by atoms with Crippen LogP contribution >= 0.6 is 0 Å². The summed E-state index contributed by atoms with van der Waals surface area (Å²) in [5.74, 6) is -0.263. The van der Waals surface area contributed by atoms with E-state index in [4.69, 9.17) is 0 Å². The van der Waals surface area contributed by atoms with Crippen molar-refractivity contribution in [3.63, 3.8) is 0 Å². The van der Waals surface area contributed by atoms with Gasteiger partial charge in [0.2, 0.25) is 5.91 Å². The van der Waals surface area contributed by atoms with E-state index in [1.807, 2.05) is 49.4 Å². The standard InChI is InChI=1S/C21H27N5O2/c1-16-6-5-7-17(14-16)23-21(28)22-15-20(27)24-18-8-3-4-9-19(18)26-12-10-25(2)11-13-26/h3-9,14H,10-13,15H2,1-2H3,(H,24,27)(H2,22,23,28). The molecule has 3 N–H and O–H groups in total. The first kappa shape index (κ1) is 19.7.